The molecular formula is C17H27NO. The molecule has 1 aromatic rings. The Hall–Kier alpha value is -0.860. The monoisotopic (exact) mass is 261 g/mol. The van der Waals surface area contributed by atoms with E-state index in [1.165, 1.54) is 32.4 Å². The molecule has 106 valence electrons. The zero-order valence-corrected chi connectivity index (χ0v) is 12.3. The van der Waals surface area contributed by atoms with E-state index >= 15 is 0 Å². The van der Waals surface area contributed by atoms with Crippen LogP contribution in [0.4, 0.5) is 0 Å². The van der Waals surface area contributed by atoms with Gasteiger partial charge in [0.05, 0.1) is 6.10 Å². The number of hydrogen-bond donors (Lipinski definition) is 1. The van der Waals surface area contributed by atoms with Gasteiger partial charge in [0.15, 0.2) is 0 Å². The number of aliphatic hydroxyl groups excluding tert-OH is 1. The van der Waals surface area contributed by atoms with E-state index in [4.69, 9.17) is 0 Å². The first-order valence-electron chi connectivity index (χ1n) is 7.62. The molecule has 1 aliphatic heterocycles. The molecule has 0 spiro atoms. The summed E-state index contributed by atoms with van der Waals surface area (Å²) in [6, 6.07) is 10.0. The minimum Gasteiger partial charge on any atom is -0.388 e. The lowest BCUT2D eigenvalue weighted by Gasteiger charge is -2.27. The van der Waals surface area contributed by atoms with E-state index in [1.807, 2.05) is 30.3 Å². The summed E-state index contributed by atoms with van der Waals surface area (Å²) in [5, 5.41) is 10.4. The van der Waals surface area contributed by atoms with Crippen LogP contribution in [0.1, 0.15) is 44.8 Å². The van der Waals surface area contributed by atoms with Crippen molar-refractivity contribution in [1.82, 2.24) is 4.90 Å². The number of rotatable bonds is 4. The van der Waals surface area contributed by atoms with E-state index in [0.29, 0.717) is 0 Å². The summed E-state index contributed by atoms with van der Waals surface area (Å²) in [7, 11) is 0. The molecule has 1 saturated heterocycles. The third-order valence-electron chi connectivity index (χ3n) is 4.34. The minimum atomic E-state index is -0.345. The van der Waals surface area contributed by atoms with Crippen LogP contribution in [-0.2, 0) is 0 Å². The van der Waals surface area contributed by atoms with Crippen molar-refractivity contribution in [2.75, 3.05) is 19.6 Å². The summed E-state index contributed by atoms with van der Waals surface area (Å²) in [5.41, 5.74) is 1.04. The normalized spacial score (nSPS) is 24.7. The number of benzene rings is 1. The molecule has 3 atom stereocenters. The van der Waals surface area contributed by atoms with E-state index in [1.54, 1.807) is 0 Å². The van der Waals surface area contributed by atoms with Gasteiger partial charge in [0, 0.05) is 6.54 Å². The first-order valence-corrected chi connectivity index (χ1v) is 7.62. The van der Waals surface area contributed by atoms with Gasteiger partial charge in [-0.15, -0.1) is 0 Å². The van der Waals surface area contributed by atoms with Crippen molar-refractivity contribution in [3.05, 3.63) is 35.9 Å². The van der Waals surface area contributed by atoms with Crippen molar-refractivity contribution in [2.45, 2.75) is 39.2 Å². The van der Waals surface area contributed by atoms with Gasteiger partial charge in [-0.2, -0.15) is 0 Å². The SMILES string of the molecule is CC1CCCN(CC(C)C(O)c2ccccc2)CC1. The van der Waals surface area contributed by atoms with Crippen LogP contribution in [0.15, 0.2) is 30.3 Å². The molecule has 2 nitrogen and oxygen atoms in total. The summed E-state index contributed by atoms with van der Waals surface area (Å²) >= 11 is 0. The van der Waals surface area contributed by atoms with Crippen molar-refractivity contribution in [3.8, 4) is 0 Å². The predicted octanol–water partition coefficient (Wildman–Crippen LogP) is 3.48. The van der Waals surface area contributed by atoms with Gasteiger partial charge in [-0.25, -0.2) is 0 Å². The maximum Gasteiger partial charge on any atom is 0.0827 e. The molecule has 0 aliphatic carbocycles. The van der Waals surface area contributed by atoms with Gasteiger partial charge in [0.25, 0.3) is 0 Å². The standard InChI is InChI=1S/C17H27NO/c1-14-7-6-11-18(12-10-14)13-15(2)17(19)16-8-4-3-5-9-16/h3-5,8-9,14-15,17,19H,6-7,10-13H2,1-2H3. The van der Waals surface area contributed by atoms with Crippen LogP contribution in [0.5, 0.6) is 0 Å². The average Bonchev–Trinajstić information content (AvgIpc) is 2.64. The van der Waals surface area contributed by atoms with E-state index in [0.717, 1.165) is 18.0 Å². The van der Waals surface area contributed by atoms with Crippen LogP contribution in [-0.4, -0.2) is 29.6 Å². The zero-order chi connectivity index (χ0) is 13.7. The molecule has 1 heterocycles. The van der Waals surface area contributed by atoms with Crippen LogP contribution >= 0.6 is 0 Å². The van der Waals surface area contributed by atoms with Crippen LogP contribution in [0.3, 0.4) is 0 Å². The lowest BCUT2D eigenvalue weighted by atomic mass is 9.97. The van der Waals surface area contributed by atoms with Gasteiger partial charge in [0.1, 0.15) is 0 Å². The lowest BCUT2D eigenvalue weighted by molar-refractivity contribution is 0.0888. The maximum atomic E-state index is 10.4. The fourth-order valence-electron chi connectivity index (χ4n) is 2.99. The summed E-state index contributed by atoms with van der Waals surface area (Å²) in [6.45, 7) is 7.89. The second kappa shape index (κ2) is 7.06. The molecule has 19 heavy (non-hydrogen) atoms. The number of aliphatic hydroxyl groups is 1. The highest BCUT2D eigenvalue weighted by Gasteiger charge is 2.21. The summed E-state index contributed by atoms with van der Waals surface area (Å²) in [5.74, 6) is 1.15. The van der Waals surface area contributed by atoms with E-state index in [2.05, 4.69) is 18.7 Å². The van der Waals surface area contributed by atoms with Gasteiger partial charge in [-0.3, -0.25) is 0 Å². The Morgan fingerprint density at radius 2 is 1.95 bits per heavy atom. The first kappa shape index (κ1) is 14.5. The van der Waals surface area contributed by atoms with Crippen molar-refractivity contribution < 1.29 is 5.11 Å². The molecule has 1 aliphatic rings. The Balaban J connectivity index is 1.88. The molecule has 0 saturated carbocycles. The fourth-order valence-corrected chi connectivity index (χ4v) is 2.99. The highest BCUT2D eigenvalue weighted by atomic mass is 16.3. The molecule has 1 fully saturated rings. The number of hydrogen-bond acceptors (Lipinski definition) is 2. The Morgan fingerprint density at radius 3 is 2.68 bits per heavy atom. The van der Waals surface area contributed by atoms with Crippen molar-refractivity contribution in [3.63, 3.8) is 0 Å². The van der Waals surface area contributed by atoms with Crippen LogP contribution in [0, 0.1) is 11.8 Å². The van der Waals surface area contributed by atoms with Crippen molar-refractivity contribution >= 4 is 0 Å². The molecule has 1 N–H and O–H groups in total. The highest BCUT2D eigenvalue weighted by Crippen LogP contribution is 2.24. The Morgan fingerprint density at radius 1 is 1.21 bits per heavy atom. The highest BCUT2D eigenvalue weighted by molar-refractivity contribution is 5.17. The van der Waals surface area contributed by atoms with Gasteiger partial charge in [-0.05, 0) is 49.8 Å². The Labute approximate surface area is 117 Å². The minimum absolute atomic E-state index is 0.288. The molecule has 0 bridgehead atoms. The molecule has 2 heteroatoms. The summed E-state index contributed by atoms with van der Waals surface area (Å²) in [4.78, 5) is 2.53. The molecule has 1 aromatic carbocycles. The van der Waals surface area contributed by atoms with Gasteiger partial charge in [-0.1, -0.05) is 44.2 Å². The van der Waals surface area contributed by atoms with Crippen LogP contribution < -0.4 is 0 Å². The second-order valence-corrected chi connectivity index (χ2v) is 6.17. The van der Waals surface area contributed by atoms with Gasteiger partial charge in [0.2, 0.25) is 0 Å². The quantitative estimate of drug-likeness (QED) is 0.897. The molecule has 3 unspecified atom stereocenters. The lowest BCUT2D eigenvalue weighted by Crippen LogP contribution is -2.32. The Kier molecular flexibility index (Phi) is 5.41. The maximum absolute atomic E-state index is 10.4. The molecule has 0 radical (unpaired) electrons. The third-order valence-corrected chi connectivity index (χ3v) is 4.34. The molecular weight excluding hydrogens is 234 g/mol. The third kappa shape index (κ3) is 4.32. The smallest absolute Gasteiger partial charge is 0.0827 e. The second-order valence-electron chi connectivity index (χ2n) is 6.17. The summed E-state index contributed by atoms with van der Waals surface area (Å²) in [6.07, 6.45) is 3.61. The predicted molar refractivity (Wildman–Crippen MR) is 80.0 cm³/mol. The molecule has 0 aromatic heterocycles. The van der Waals surface area contributed by atoms with E-state index < -0.39 is 0 Å². The van der Waals surface area contributed by atoms with Crippen molar-refractivity contribution in [2.24, 2.45) is 11.8 Å². The summed E-state index contributed by atoms with van der Waals surface area (Å²) < 4.78 is 0. The van der Waals surface area contributed by atoms with Crippen LogP contribution in [0.2, 0.25) is 0 Å². The Bertz CT molecular complexity index is 365. The van der Waals surface area contributed by atoms with Crippen LogP contribution in [0.25, 0.3) is 0 Å². The molecule has 2 rings (SSSR count). The average molecular weight is 261 g/mol. The molecule has 0 amide bonds. The fraction of sp³-hybridized carbons (Fsp3) is 0.647. The largest absolute Gasteiger partial charge is 0.388 e. The van der Waals surface area contributed by atoms with Gasteiger partial charge < -0.3 is 10.0 Å². The van der Waals surface area contributed by atoms with E-state index in [-0.39, 0.29) is 12.0 Å². The number of nitrogens with zero attached hydrogens (tertiary/aromatic N) is 1. The van der Waals surface area contributed by atoms with E-state index in [9.17, 15) is 5.11 Å². The topological polar surface area (TPSA) is 23.5 Å². The first-order chi connectivity index (χ1) is 9.16. The van der Waals surface area contributed by atoms with Gasteiger partial charge >= 0.3 is 0 Å². The number of likely N-dealkylation sites (tertiary alicyclic amines) is 1. The zero-order valence-electron chi connectivity index (χ0n) is 12.3. The van der Waals surface area contributed by atoms with Crippen molar-refractivity contribution in [1.29, 1.82) is 0 Å².